The van der Waals surface area contributed by atoms with E-state index in [4.69, 9.17) is 9.15 Å². The highest BCUT2D eigenvalue weighted by Crippen LogP contribution is 2.27. The predicted molar refractivity (Wildman–Crippen MR) is 99.8 cm³/mol. The zero-order chi connectivity index (χ0) is 18.7. The van der Waals surface area contributed by atoms with Gasteiger partial charge in [-0.1, -0.05) is 22.9 Å². The molecule has 6 heteroatoms. The molecule has 2 heterocycles. The zero-order valence-corrected chi connectivity index (χ0v) is 15.9. The molecule has 0 radical (unpaired) electrons. The Morgan fingerprint density at radius 2 is 1.92 bits per heavy atom. The monoisotopic (exact) mass is 352 g/mol. The standard InChI is InChI=1S/C20H24N4O2/c1-13(2)14(3)20-22-19(16(5)26-20)15(4)25-18-8-6-17(7-9-18)12-24-11-10-21-23-24/h6-11,15H,12H2,1-5H3. The van der Waals surface area contributed by atoms with Crippen molar-refractivity contribution in [3.63, 3.8) is 0 Å². The molecule has 1 aromatic carbocycles. The molecule has 0 aliphatic heterocycles. The van der Waals surface area contributed by atoms with Crippen LogP contribution in [0.2, 0.25) is 0 Å². The van der Waals surface area contributed by atoms with Crippen LogP contribution < -0.4 is 4.74 Å². The summed E-state index contributed by atoms with van der Waals surface area (Å²) in [5.41, 5.74) is 4.21. The van der Waals surface area contributed by atoms with Crippen LogP contribution in [0.5, 0.6) is 5.75 Å². The van der Waals surface area contributed by atoms with Crippen LogP contribution >= 0.6 is 0 Å². The highest BCUT2D eigenvalue weighted by atomic mass is 16.5. The third kappa shape index (κ3) is 4.02. The van der Waals surface area contributed by atoms with Crippen molar-refractivity contribution in [1.29, 1.82) is 0 Å². The summed E-state index contributed by atoms with van der Waals surface area (Å²) in [5.74, 6) is 2.25. The molecule has 0 amide bonds. The summed E-state index contributed by atoms with van der Waals surface area (Å²) in [6.07, 6.45) is 3.31. The van der Waals surface area contributed by atoms with E-state index in [2.05, 4.69) is 29.1 Å². The van der Waals surface area contributed by atoms with Crippen LogP contribution in [0.15, 0.2) is 46.6 Å². The quantitative estimate of drug-likeness (QED) is 0.650. The molecule has 0 aliphatic rings. The lowest BCUT2D eigenvalue weighted by molar-refractivity contribution is 0.220. The van der Waals surface area contributed by atoms with Crippen molar-refractivity contribution in [1.82, 2.24) is 20.0 Å². The molecule has 0 spiro atoms. The lowest BCUT2D eigenvalue weighted by Crippen LogP contribution is -2.05. The van der Waals surface area contributed by atoms with Crippen molar-refractivity contribution in [2.75, 3.05) is 0 Å². The van der Waals surface area contributed by atoms with E-state index in [1.54, 1.807) is 10.9 Å². The van der Waals surface area contributed by atoms with Crippen LogP contribution in [0.3, 0.4) is 0 Å². The van der Waals surface area contributed by atoms with Gasteiger partial charge < -0.3 is 9.15 Å². The molecular formula is C20H24N4O2. The Labute approximate surface area is 153 Å². The Bertz CT molecular complexity index is 889. The summed E-state index contributed by atoms with van der Waals surface area (Å²) in [4.78, 5) is 4.63. The maximum absolute atomic E-state index is 6.05. The van der Waals surface area contributed by atoms with Gasteiger partial charge in [0.25, 0.3) is 0 Å². The Morgan fingerprint density at radius 1 is 1.19 bits per heavy atom. The minimum Gasteiger partial charge on any atom is -0.484 e. The number of hydrogen-bond donors (Lipinski definition) is 0. The second-order valence-electron chi connectivity index (χ2n) is 6.59. The first-order chi connectivity index (χ1) is 12.4. The number of nitrogens with zero attached hydrogens (tertiary/aromatic N) is 4. The van der Waals surface area contributed by atoms with Crippen molar-refractivity contribution in [3.8, 4) is 5.75 Å². The molecule has 6 nitrogen and oxygen atoms in total. The molecule has 3 rings (SSSR count). The van der Waals surface area contributed by atoms with E-state index in [1.165, 1.54) is 5.57 Å². The second kappa shape index (κ2) is 7.56. The number of aryl methyl sites for hydroxylation is 1. The van der Waals surface area contributed by atoms with Gasteiger partial charge >= 0.3 is 0 Å². The fraction of sp³-hybridized carbons (Fsp3) is 0.350. The van der Waals surface area contributed by atoms with E-state index in [9.17, 15) is 0 Å². The lowest BCUT2D eigenvalue weighted by atomic mass is 10.2. The Kier molecular flexibility index (Phi) is 5.21. The van der Waals surface area contributed by atoms with E-state index in [-0.39, 0.29) is 6.10 Å². The number of oxazole rings is 1. The molecule has 0 fully saturated rings. The van der Waals surface area contributed by atoms with Gasteiger partial charge in [0.15, 0.2) is 0 Å². The number of hydrogen-bond acceptors (Lipinski definition) is 5. The molecule has 26 heavy (non-hydrogen) atoms. The first-order valence-corrected chi connectivity index (χ1v) is 8.65. The minimum atomic E-state index is -0.196. The van der Waals surface area contributed by atoms with Gasteiger partial charge in [0.1, 0.15) is 23.3 Å². The van der Waals surface area contributed by atoms with E-state index < -0.39 is 0 Å². The van der Waals surface area contributed by atoms with E-state index in [0.29, 0.717) is 12.4 Å². The number of rotatable bonds is 6. The predicted octanol–water partition coefficient (Wildman–Crippen LogP) is 4.58. The first kappa shape index (κ1) is 17.9. The fourth-order valence-corrected chi connectivity index (χ4v) is 2.60. The van der Waals surface area contributed by atoms with Crippen LogP contribution in [0, 0.1) is 6.92 Å². The summed E-state index contributed by atoms with van der Waals surface area (Å²) in [6, 6.07) is 7.97. The number of aromatic nitrogens is 4. The average Bonchev–Trinajstić information content (AvgIpc) is 3.25. The molecule has 3 aromatic rings. The third-order valence-electron chi connectivity index (χ3n) is 4.34. The molecule has 0 N–H and O–H groups in total. The summed E-state index contributed by atoms with van der Waals surface area (Å²) < 4.78 is 13.6. The second-order valence-corrected chi connectivity index (χ2v) is 6.59. The fourth-order valence-electron chi connectivity index (χ4n) is 2.60. The number of benzene rings is 1. The van der Waals surface area contributed by atoms with Gasteiger partial charge in [0, 0.05) is 11.8 Å². The summed E-state index contributed by atoms with van der Waals surface area (Å²) in [6.45, 7) is 10.7. The average molecular weight is 352 g/mol. The van der Waals surface area contributed by atoms with Crippen LogP contribution in [-0.2, 0) is 6.54 Å². The van der Waals surface area contributed by atoms with E-state index in [0.717, 1.165) is 28.3 Å². The van der Waals surface area contributed by atoms with Gasteiger partial charge in [-0.15, -0.1) is 5.10 Å². The number of ether oxygens (including phenoxy) is 1. The summed E-state index contributed by atoms with van der Waals surface area (Å²) in [5, 5.41) is 7.78. The zero-order valence-electron chi connectivity index (χ0n) is 15.9. The molecule has 0 saturated heterocycles. The van der Waals surface area contributed by atoms with Gasteiger partial charge in [-0.3, -0.25) is 0 Å². The lowest BCUT2D eigenvalue weighted by Gasteiger charge is -2.13. The van der Waals surface area contributed by atoms with E-state index in [1.807, 2.05) is 51.2 Å². The van der Waals surface area contributed by atoms with Crippen molar-refractivity contribution in [2.45, 2.75) is 47.3 Å². The summed E-state index contributed by atoms with van der Waals surface area (Å²) >= 11 is 0. The first-order valence-electron chi connectivity index (χ1n) is 8.65. The Morgan fingerprint density at radius 3 is 2.54 bits per heavy atom. The van der Waals surface area contributed by atoms with Gasteiger partial charge in [0.05, 0.1) is 12.7 Å². The normalized spacial score (nSPS) is 12.0. The smallest absolute Gasteiger partial charge is 0.222 e. The topological polar surface area (TPSA) is 66.0 Å². The van der Waals surface area contributed by atoms with Crippen molar-refractivity contribution in [2.24, 2.45) is 0 Å². The Hall–Kier alpha value is -2.89. The van der Waals surface area contributed by atoms with Crippen LogP contribution in [-0.4, -0.2) is 20.0 Å². The maximum atomic E-state index is 6.05. The van der Waals surface area contributed by atoms with Crippen LogP contribution in [0.1, 0.15) is 56.7 Å². The molecule has 1 unspecified atom stereocenters. The molecular weight excluding hydrogens is 328 g/mol. The molecule has 0 bridgehead atoms. The van der Waals surface area contributed by atoms with E-state index >= 15 is 0 Å². The third-order valence-corrected chi connectivity index (χ3v) is 4.34. The van der Waals surface area contributed by atoms with Crippen LogP contribution in [0.4, 0.5) is 0 Å². The highest BCUT2D eigenvalue weighted by molar-refractivity contribution is 5.59. The molecule has 2 aromatic heterocycles. The van der Waals surface area contributed by atoms with Gasteiger partial charge in [-0.2, -0.15) is 0 Å². The van der Waals surface area contributed by atoms with Gasteiger partial charge in [0.2, 0.25) is 5.89 Å². The molecule has 1 atom stereocenters. The van der Waals surface area contributed by atoms with Crippen molar-refractivity contribution < 1.29 is 9.15 Å². The maximum Gasteiger partial charge on any atom is 0.222 e. The molecule has 0 aliphatic carbocycles. The highest BCUT2D eigenvalue weighted by Gasteiger charge is 2.18. The van der Waals surface area contributed by atoms with Gasteiger partial charge in [-0.05, 0) is 52.3 Å². The van der Waals surface area contributed by atoms with Crippen molar-refractivity contribution >= 4 is 5.57 Å². The van der Waals surface area contributed by atoms with Gasteiger partial charge in [-0.25, -0.2) is 9.67 Å². The largest absolute Gasteiger partial charge is 0.484 e. The number of allylic oxidation sites excluding steroid dienone is 2. The molecule has 0 saturated carbocycles. The SMILES string of the molecule is CC(C)=C(C)c1nc(C(C)Oc2ccc(Cn3ccnn3)cc2)c(C)o1. The molecule has 136 valence electrons. The summed E-state index contributed by atoms with van der Waals surface area (Å²) in [7, 11) is 0. The van der Waals surface area contributed by atoms with Crippen molar-refractivity contribution in [3.05, 3.63) is 65.1 Å². The van der Waals surface area contributed by atoms with Crippen LogP contribution in [0.25, 0.3) is 5.57 Å². The Balaban J connectivity index is 1.70. The minimum absolute atomic E-state index is 0.196.